The highest BCUT2D eigenvalue weighted by molar-refractivity contribution is 5.94. The predicted octanol–water partition coefficient (Wildman–Crippen LogP) is 6.58. The molecule has 3 aromatic rings. The van der Waals surface area contributed by atoms with Crippen molar-refractivity contribution in [2.75, 3.05) is 11.5 Å². The number of hydrogen-bond donors (Lipinski definition) is 0. The molecule has 0 N–H and O–H groups in total. The molecular formula is C25H23NO. The van der Waals surface area contributed by atoms with Crippen molar-refractivity contribution in [1.29, 1.82) is 0 Å². The van der Waals surface area contributed by atoms with E-state index in [4.69, 9.17) is 4.74 Å². The molecular weight excluding hydrogens is 330 g/mol. The van der Waals surface area contributed by atoms with Gasteiger partial charge in [-0.05, 0) is 73.7 Å². The highest BCUT2D eigenvalue weighted by Crippen LogP contribution is 2.47. The zero-order chi connectivity index (χ0) is 18.4. The van der Waals surface area contributed by atoms with Crippen molar-refractivity contribution in [3.8, 4) is 5.75 Å². The maximum absolute atomic E-state index is 6.16. The van der Waals surface area contributed by atoms with Crippen LogP contribution < -0.4 is 9.64 Å². The summed E-state index contributed by atoms with van der Waals surface area (Å²) in [4.78, 5) is 2.37. The Bertz CT molecular complexity index is 1010. The van der Waals surface area contributed by atoms with E-state index in [1.807, 2.05) is 0 Å². The van der Waals surface area contributed by atoms with Gasteiger partial charge >= 0.3 is 0 Å². The molecule has 2 nitrogen and oxygen atoms in total. The summed E-state index contributed by atoms with van der Waals surface area (Å²) in [5, 5.41) is 0. The highest BCUT2D eigenvalue weighted by atomic mass is 16.5. The van der Waals surface area contributed by atoms with E-state index in [-0.39, 0.29) is 0 Å². The Labute approximate surface area is 160 Å². The van der Waals surface area contributed by atoms with E-state index in [2.05, 4.69) is 85.5 Å². The van der Waals surface area contributed by atoms with Crippen LogP contribution in [0.1, 0.15) is 34.2 Å². The van der Waals surface area contributed by atoms with Gasteiger partial charge in [0.05, 0.1) is 23.7 Å². The summed E-state index contributed by atoms with van der Waals surface area (Å²) in [6.45, 7) is 5.08. The van der Waals surface area contributed by atoms with Gasteiger partial charge in [-0.15, -0.1) is 0 Å². The third kappa shape index (κ3) is 2.73. The van der Waals surface area contributed by atoms with Crippen LogP contribution in [0.4, 0.5) is 17.1 Å². The Hall–Kier alpha value is -3.00. The summed E-state index contributed by atoms with van der Waals surface area (Å²) in [7, 11) is 0. The normalized spacial score (nSPS) is 14.7. The third-order valence-electron chi connectivity index (χ3n) is 5.44. The van der Waals surface area contributed by atoms with Gasteiger partial charge in [-0.25, -0.2) is 0 Å². The first-order valence-electron chi connectivity index (χ1n) is 9.65. The van der Waals surface area contributed by atoms with Crippen molar-refractivity contribution in [2.45, 2.75) is 26.7 Å². The average molecular weight is 353 g/mol. The number of nitrogens with zero attached hydrogens (tertiary/aromatic N) is 1. The average Bonchev–Trinajstić information content (AvgIpc) is 2.84. The first-order valence-corrected chi connectivity index (χ1v) is 9.65. The molecule has 0 atom stereocenters. The molecule has 2 heterocycles. The molecule has 2 heteroatoms. The number of rotatable bonds is 1. The van der Waals surface area contributed by atoms with E-state index in [9.17, 15) is 0 Å². The number of fused-ring (bicyclic) bond motifs is 3. The number of benzene rings is 3. The number of aryl methyl sites for hydroxylation is 3. The molecule has 0 aromatic heterocycles. The third-order valence-corrected chi connectivity index (χ3v) is 5.44. The summed E-state index contributed by atoms with van der Waals surface area (Å²) in [6.07, 6.45) is 6.63. The zero-order valence-corrected chi connectivity index (χ0v) is 15.8. The molecule has 0 aliphatic carbocycles. The molecule has 0 saturated carbocycles. The van der Waals surface area contributed by atoms with Crippen LogP contribution in [-0.4, -0.2) is 6.61 Å². The summed E-state index contributed by atoms with van der Waals surface area (Å²) in [5.41, 5.74) is 9.83. The van der Waals surface area contributed by atoms with Gasteiger partial charge in [-0.1, -0.05) is 47.5 Å². The Morgan fingerprint density at radius 3 is 2.11 bits per heavy atom. The zero-order valence-electron chi connectivity index (χ0n) is 15.8. The molecule has 3 aromatic carbocycles. The Kier molecular flexibility index (Phi) is 3.78. The van der Waals surface area contributed by atoms with Crippen LogP contribution in [-0.2, 0) is 6.42 Å². The highest BCUT2D eigenvalue weighted by Gasteiger charge is 2.25. The van der Waals surface area contributed by atoms with Gasteiger partial charge in [0.1, 0.15) is 5.75 Å². The van der Waals surface area contributed by atoms with Gasteiger partial charge in [0, 0.05) is 0 Å². The van der Waals surface area contributed by atoms with E-state index in [0.29, 0.717) is 0 Å². The van der Waals surface area contributed by atoms with E-state index >= 15 is 0 Å². The molecule has 27 heavy (non-hydrogen) atoms. The van der Waals surface area contributed by atoms with Crippen LogP contribution in [0.3, 0.4) is 0 Å². The SMILES string of the molecule is Cc1ccc2c(c1)C=Cc1cc(C)ccc1N2c1cccc2c1OCCC2. The lowest BCUT2D eigenvalue weighted by molar-refractivity contribution is 0.289. The summed E-state index contributed by atoms with van der Waals surface area (Å²) in [5.74, 6) is 1.03. The quantitative estimate of drug-likeness (QED) is 0.383. The fraction of sp³-hybridized carbons (Fsp3) is 0.200. The van der Waals surface area contributed by atoms with Gasteiger partial charge < -0.3 is 9.64 Å². The lowest BCUT2D eigenvalue weighted by Crippen LogP contribution is -2.16. The summed E-state index contributed by atoms with van der Waals surface area (Å²) < 4.78 is 6.16. The maximum atomic E-state index is 6.16. The second-order valence-corrected chi connectivity index (χ2v) is 7.51. The first kappa shape index (κ1) is 16.2. The van der Waals surface area contributed by atoms with Crippen LogP contribution in [0.15, 0.2) is 54.6 Å². The lowest BCUT2D eigenvalue weighted by Gasteiger charge is -2.31. The summed E-state index contributed by atoms with van der Waals surface area (Å²) >= 11 is 0. The van der Waals surface area contributed by atoms with E-state index in [1.54, 1.807) is 0 Å². The summed E-state index contributed by atoms with van der Waals surface area (Å²) in [6, 6.07) is 19.9. The molecule has 2 aliphatic rings. The van der Waals surface area contributed by atoms with Crippen molar-refractivity contribution in [1.82, 2.24) is 0 Å². The van der Waals surface area contributed by atoms with Gasteiger partial charge in [0.15, 0.2) is 0 Å². The van der Waals surface area contributed by atoms with Gasteiger partial charge in [0.25, 0.3) is 0 Å². The molecule has 5 rings (SSSR count). The van der Waals surface area contributed by atoms with Crippen molar-refractivity contribution in [3.05, 3.63) is 82.4 Å². The van der Waals surface area contributed by atoms with Crippen LogP contribution in [0.25, 0.3) is 12.2 Å². The number of para-hydroxylation sites is 1. The second kappa shape index (κ2) is 6.31. The standard InChI is InChI=1S/C25H23NO/c1-17-8-12-22-20(15-17)10-11-21-16-18(2)9-13-23(21)26(22)24-7-3-5-19-6-4-14-27-25(19)24/h3,5,7-13,15-16H,4,6,14H2,1-2H3. The number of ether oxygens (including phenoxy) is 1. The first-order chi connectivity index (χ1) is 13.2. The minimum Gasteiger partial charge on any atom is -0.491 e. The molecule has 2 aliphatic heterocycles. The second-order valence-electron chi connectivity index (χ2n) is 7.51. The smallest absolute Gasteiger partial charge is 0.146 e. The molecule has 0 amide bonds. The molecule has 134 valence electrons. The molecule has 0 saturated heterocycles. The molecule has 0 bridgehead atoms. The lowest BCUT2D eigenvalue weighted by atomic mass is 10.0. The fourth-order valence-electron chi connectivity index (χ4n) is 4.14. The van der Waals surface area contributed by atoms with Crippen LogP contribution >= 0.6 is 0 Å². The monoisotopic (exact) mass is 353 g/mol. The number of hydrogen-bond acceptors (Lipinski definition) is 2. The van der Waals surface area contributed by atoms with E-state index in [1.165, 1.54) is 39.2 Å². The van der Waals surface area contributed by atoms with Crippen molar-refractivity contribution in [2.24, 2.45) is 0 Å². The largest absolute Gasteiger partial charge is 0.491 e. The van der Waals surface area contributed by atoms with E-state index in [0.717, 1.165) is 30.9 Å². The van der Waals surface area contributed by atoms with Crippen molar-refractivity contribution < 1.29 is 4.74 Å². The molecule has 0 fully saturated rings. The maximum Gasteiger partial charge on any atom is 0.146 e. The van der Waals surface area contributed by atoms with Crippen molar-refractivity contribution >= 4 is 29.2 Å². The van der Waals surface area contributed by atoms with Crippen LogP contribution in [0.5, 0.6) is 5.75 Å². The van der Waals surface area contributed by atoms with Crippen molar-refractivity contribution in [3.63, 3.8) is 0 Å². The van der Waals surface area contributed by atoms with Crippen LogP contribution in [0, 0.1) is 13.8 Å². The van der Waals surface area contributed by atoms with Crippen LogP contribution in [0.2, 0.25) is 0 Å². The Morgan fingerprint density at radius 1 is 0.778 bits per heavy atom. The van der Waals surface area contributed by atoms with E-state index < -0.39 is 0 Å². The fourth-order valence-corrected chi connectivity index (χ4v) is 4.14. The minimum atomic E-state index is 0.789. The Balaban J connectivity index is 1.80. The number of anilines is 3. The van der Waals surface area contributed by atoms with Gasteiger partial charge in [-0.3, -0.25) is 0 Å². The molecule has 0 spiro atoms. The Morgan fingerprint density at radius 2 is 1.44 bits per heavy atom. The molecule has 0 unspecified atom stereocenters. The van der Waals surface area contributed by atoms with Gasteiger partial charge in [0.2, 0.25) is 0 Å². The molecule has 0 radical (unpaired) electrons. The topological polar surface area (TPSA) is 12.5 Å². The minimum absolute atomic E-state index is 0.789. The predicted molar refractivity (Wildman–Crippen MR) is 113 cm³/mol. The van der Waals surface area contributed by atoms with Gasteiger partial charge in [-0.2, -0.15) is 0 Å².